The molecular weight excluding hydrogens is 344 g/mol. The van der Waals surface area contributed by atoms with Gasteiger partial charge in [-0.15, -0.1) is 0 Å². The van der Waals surface area contributed by atoms with Crippen molar-refractivity contribution in [2.24, 2.45) is 5.41 Å². The quantitative estimate of drug-likeness (QED) is 0.865. The average Bonchev–Trinajstić information content (AvgIpc) is 3.12. The highest BCUT2D eigenvalue weighted by Gasteiger charge is 2.43. The van der Waals surface area contributed by atoms with E-state index in [1.165, 1.54) is 6.07 Å². The fourth-order valence-electron chi connectivity index (χ4n) is 4.38. The largest absolute Gasteiger partial charge is 0.338 e. The lowest BCUT2D eigenvalue weighted by Gasteiger charge is -2.48. The monoisotopic (exact) mass is 368 g/mol. The molecule has 4 rings (SSSR count). The molecule has 1 aromatic heterocycles. The first-order valence-electron chi connectivity index (χ1n) is 9.43. The van der Waals surface area contributed by atoms with E-state index in [0.717, 1.165) is 24.8 Å². The number of carbonyl (C=O) groups is 2. The molecule has 2 aliphatic heterocycles. The van der Waals surface area contributed by atoms with Crippen LogP contribution in [0, 0.1) is 5.41 Å². The van der Waals surface area contributed by atoms with Crippen LogP contribution in [0.3, 0.4) is 0 Å². The summed E-state index contributed by atoms with van der Waals surface area (Å²) in [5.74, 6) is 0.0295. The smallest absolute Gasteiger partial charge is 0.271 e. The summed E-state index contributed by atoms with van der Waals surface area (Å²) < 4.78 is 0. The summed E-state index contributed by atoms with van der Waals surface area (Å²) in [6.07, 6.45) is 3.26. The van der Waals surface area contributed by atoms with E-state index in [2.05, 4.69) is 10.2 Å². The first-order chi connectivity index (χ1) is 13.0. The minimum atomic E-state index is -0.303. The van der Waals surface area contributed by atoms with Crippen molar-refractivity contribution in [3.05, 3.63) is 58.0 Å². The Morgan fingerprint density at radius 3 is 2.63 bits per heavy atom. The summed E-state index contributed by atoms with van der Waals surface area (Å²) in [4.78, 5) is 40.3. The van der Waals surface area contributed by atoms with Crippen LogP contribution in [0.2, 0.25) is 0 Å². The first kappa shape index (κ1) is 17.6. The van der Waals surface area contributed by atoms with E-state index < -0.39 is 0 Å². The lowest BCUT2D eigenvalue weighted by Crippen LogP contribution is -2.54. The molecule has 1 aromatic carbocycles. The fraction of sp³-hybridized carbons (Fsp3) is 0.450. The summed E-state index contributed by atoms with van der Waals surface area (Å²) in [5.41, 5.74) is 1.05. The molecule has 0 saturated carbocycles. The third-order valence-corrected chi connectivity index (χ3v) is 5.74. The van der Waals surface area contributed by atoms with E-state index in [0.29, 0.717) is 38.3 Å². The standard InChI is InChI=1S/C20H24N4O3/c25-17-11-16(21-22-17)19(27)23-10-4-8-20(13-23)9-7-18(26)24(14-20)12-15-5-2-1-3-6-15/h1-3,5-6,11H,4,7-10,12-14H2,(H2,21,22,25)/t20-/m0/s1. The first-order valence-corrected chi connectivity index (χ1v) is 9.43. The van der Waals surface area contributed by atoms with Gasteiger partial charge in [0.1, 0.15) is 5.69 Å². The van der Waals surface area contributed by atoms with Crippen molar-refractivity contribution in [2.45, 2.75) is 32.2 Å². The van der Waals surface area contributed by atoms with Gasteiger partial charge in [0.25, 0.3) is 11.5 Å². The summed E-state index contributed by atoms with van der Waals surface area (Å²) >= 11 is 0. The van der Waals surface area contributed by atoms with Gasteiger partial charge in [-0.25, -0.2) is 0 Å². The average molecular weight is 368 g/mol. The van der Waals surface area contributed by atoms with Gasteiger partial charge in [-0.2, -0.15) is 0 Å². The van der Waals surface area contributed by atoms with Crippen molar-refractivity contribution in [2.75, 3.05) is 19.6 Å². The predicted octanol–water partition coefficient (Wildman–Crippen LogP) is 1.75. The maximum Gasteiger partial charge on any atom is 0.271 e. The predicted molar refractivity (Wildman–Crippen MR) is 100 cm³/mol. The molecule has 0 aliphatic carbocycles. The van der Waals surface area contributed by atoms with Gasteiger partial charge in [0.05, 0.1) is 0 Å². The van der Waals surface area contributed by atoms with Gasteiger partial charge in [0.15, 0.2) is 0 Å². The van der Waals surface area contributed by atoms with Crippen molar-refractivity contribution in [3.8, 4) is 0 Å². The summed E-state index contributed by atoms with van der Waals surface area (Å²) in [6.45, 7) is 2.59. The van der Waals surface area contributed by atoms with E-state index in [9.17, 15) is 14.4 Å². The van der Waals surface area contributed by atoms with Crippen molar-refractivity contribution in [1.82, 2.24) is 20.0 Å². The zero-order chi connectivity index (χ0) is 18.9. The number of nitrogens with zero attached hydrogens (tertiary/aromatic N) is 2. The number of H-pyrrole nitrogens is 2. The summed E-state index contributed by atoms with van der Waals surface area (Å²) in [5, 5.41) is 5.07. The molecular formula is C20H24N4O3. The van der Waals surface area contributed by atoms with Crippen LogP contribution in [0.25, 0.3) is 0 Å². The van der Waals surface area contributed by atoms with E-state index in [1.54, 1.807) is 0 Å². The van der Waals surface area contributed by atoms with Crippen molar-refractivity contribution >= 4 is 11.8 Å². The number of aromatic nitrogens is 2. The summed E-state index contributed by atoms with van der Waals surface area (Å²) in [7, 11) is 0. The number of likely N-dealkylation sites (tertiary alicyclic amines) is 2. The Balaban J connectivity index is 1.49. The molecule has 27 heavy (non-hydrogen) atoms. The number of hydrogen-bond acceptors (Lipinski definition) is 3. The number of piperidine rings is 2. The van der Waals surface area contributed by atoms with Gasteiger partial charge in [-0.05, 0) is 24.8 Å². The van der Waals surface area contributed by atoms with Crippen LogP contribution in [0.5, 0.6) is 0 Å². The number of rotatable bonds is 3. The lowest BCUT2D eigenvalue weighted by molar-refractivity contribution is -0.139. The Hall–Kier alpha value is -2.83. The lowest BCUT2D eigenvalue weighted by atomic mass is 9.73. The van der Waals surface area contributed by atoms with E-state index in [1.807, 2.05) is 40.1 Å². The molecule has 2 aliphatic rings. The number of nitrogens with one attached hydrogen (secondary N) is 2. The van der Waals surface area contributed by atoms with Crippen LogP contribution in [0.4, 0.5) is 0 Å². The second kappa shape index (κ2) is 7.06. The second-order valence-corrected chi connectivity index (χ2v) is 7.74. The Kier molecular flexibility index (Phi) is 4.59. The Labute approximate surface area is 157 Å². The van der Waals surface area contributed by atoms with Gasteiger partial charge in [-0.1, -0.05) is 30.3 Å². The van der Waals surface area contributed by atoms with Crippen LogP contribution in [0.15, 0.2) is 41.2 Å². The topological polar surface area (TPSA) is 89.3 Å². The maximum absolute atomic E-state index is 12.7. The molecule has 3 heterocycles. The van der Waals surface area contributed by atoms with Gasteiger partial charge in [0.2, 0.25) is 5.91 Å². The second-order valence-electron chi connectivity index (χ2n) is 7.74. The van der Waals surface area contributed by atoms with Gasteiger partial charge < -0.3 is 9.80 Å². The van der Waals surface area contributed by atoms with E-state index in [-0.39, 0.29) is 22.8 Å². The minimum Gasteiger partial charge on any atom is -0.338 e. The molecule has 2 amide bonds. The van der Waals surface area contributed by atoms with Crippen molar-refractivity contribution < 1.29 is 9.59 Å². The zero-order valence-corrected chi connectivity index (χ0v) is 15.2. The summed E-state index contributed by atoms with van der Waals surface area (Å²) in [6, 6.07) is 11.3. The third-order valence-electron chi connectivity index (χ3n) is 5.74. The molecule has 142 valence electrons. The highest BCUT2D eigenvalue weighted by atomic mass is 16.2. The normalized spacial score (nSPS) is 23.0. The van der Waals surface area contributed by atoms with Crippen LogP contribution < -0.4 is 5.56 Å². The molecule has 1 atom stereocenters. The molecule has 7 heteroatoms. The highest BCUT2D eigenvalue weighted by molar-refractivity contribution is 5.92. The number of hydrogen-bond donors (Lipinski definition) is 2. The molecule has 2 saturated heterocycles. The van der Waals surface area contributed by atoms with Crippen molar-refractivity contribution in [3.63, 3.8) is 0 Å². The molecule has 1 spiro atoms. The number of amides is 2. The SMILES string of the molecule is O=C1CC[C@]2(CCCN(C(=O)c3cc(=O)[nH][nH]3)C2)CN1Cc1ccccc1. The molecule has 7 nitrogen and oxygen atoms in total. The van der Waals surface area contributed by atoms with Crippen molar-refractivity contribution in [1.29, 1.82) is 0 Å². The van der Waals surface area contributed by atoms with Gasteiger partial charge >= 0.3 is 0 Å². The van der Waals surface area contributed by atoms with E-state index >= 15 is 0 Å². The zero-order valence-electron chi connectivity index (χ0n) is 15.2. The number of benzene rings is 1. The van der Waals surface area contributed by atoms with Gasteiger partial charge in [-0.3, -0.25) is 24.6 Å². The Morgan fingerprint density at radius 2 is 1.89 bits per heavy atom. The molecule has 2 aromatic rings. The Bertz CT molecular complexity index is 888. The Morgan fingerprint density at radius 1 is 1.07 bits per heavy atom. The molecule has 2 N–H and O–H groups in total. The van der Waals surface area contributed by atoms with Crippen LogP contribution in [-0.2, 0) is 11.3 Å². The van der Waals surface area contributed by atoms with Crippen LogP contribution in [0.1, 0.15) is 41.7 Å². The molecule has 0 radical (unpaired) electrons. The van der Waals surface area contributed by atoms with E-state index in [4.69, 9.17) is 0 Å². The van der Waals surface area contributed by atoms with Crippen LogP contribution >= 0.6 is 0 Å². The third kappa shape index (κ3) is 3.67. The van der Waals surface area contributed by atoms with Crippen LogP contribution in [-0.4, -0.2) is 51.4 Å². The van der Waals surface area contributed by atoms with Gasteiger partial charge in [0, 0.05) is 44.1 Å². The molecule has 0 unspecified atom stereocenters. The minimum absolute atomic E-state index is 0.0623. The maximum atomic E-state index is 12.7. The molecule has 2 fully saturated rings. The molecule has 0 bridgehead atoms. The highest BCUT2D eigenvalue weighted by Crippen LogP contribution is 2.39. The number of carbonyl (C=O) groups excluding carboxylic acids is 2. The fourth-order valence-corrected chi connectivity index (χ4v) is 4.38. The number of aromatic amines is 2.